The lowest BCUT2D eigenvalue weighted by molar-refractivity contribution is -0.122. The van der Waals surface area contributed by atoms with Crippen LogP contribution in [0.15, 0.2) is 53.9 Å². The summed E-state index contributed by atoms with van der Waals surface area (Å²) in [5, 5.41) is 6.26. The Morgan fingerprint density at radius 3 is 2.85 bits per heavy atom. The zero-order valence-corrected chi connectivity index (χ0v) is 16.4. The molecule has 3 aromatic rings. The van der Waals surface area contributed by atoms with Crippen LogP contribution >= 0.6 is 11.3 Å². The largest absolute Gasteiger partial charge is 0.355 e. The van der Waals surface area contributed by atoms with Crippen LogP contribution in [0.3, 0.4) is 0 Å². The molecule has 0 saturated carbocycles. The van der Waals surface area contributed by atoms with Crippen LogP contribution in [0.2, 0.25) is 0 Å². The molecule has 0 spiro atoms. The third-order valence-electron chi connectivity index (χ3n) is 5.22. The van der Waals surface area contributed by atoms with Crippen molar-refractivity contribution in [1.82, 2.24) is 10.3 Å². The van der Waals surface area contributed by atoms with Gasteiger partial charge in [0.15, 0.2) is 0 Å². The molecule has 1 aromatic heterocycles. The molecule has 3 nitrogen and oxygen atoms in total. The van der Waals surface area contributed by atoms with Gasteiger partial charge in [0.05, 0.1) is 11.6 Å². The van der Waals surface area contributed by atoms with Gasteiger partial charge >= 0.3 is 0 Å². The molecule has 0 saturated heterocycles. The SMILES string of the molecule is Cc1ccc(-c2nc(CCNC(=O)C3CCCc4ccccc43)cs2)cc1. The predicted octanol–water partition coefficient (Wildman–Crippen LogP) is 4.90. The van der Waals surface area contributed by atoms with Gasteiger partial charge in [0, 0.05) is 23.9 Å². The van der Waals surface area contributed by atoms with Gasteiger partial charge in [-0.15, -0.1) is 11.3 Å². The van der Waals surface area contributed by atoms with E-state index in [-0.39, 0.29) is 11.8 Å². The summed E-state index contributed by atoms with van der Waals surface area (Å²) in [5.74, 6) is 0.143. The monoisotopic (exact) mass is 376 g/mol. The van der Waals surface area contributed by atoms with Crippen molar-refractivity contribution in [3.63, 3.8) is 0 Å². The molecule has 138 valence electrons. The third kappa shape index (κ3) is 4.11. The Bertz CT molecular complexity index is 930. The van der Waals surface area contributed by atoms with Crippen molar-refractivity contribution >= 4 is 17.2 Å². The maximum absolute atomic E-state index is 12.7. The van der Waals surface area contributed by atoms with Gasteiger partial charge in [-0.2, -0.15) is 0 Å². The van der Waals surface area contributed by atoms with Crippen molar-refractivity contribution in [2.45, 2.75) is 38.5 Å². The third-order valence-corrected chi connectivity index (χ3v) is 6.16. The van der Waals surface area contributed by atoms with Crippen molar-refractivity contribution in [2.24, 2.45) is 0 Å². The van der Waals surface area contributed by atoms with E-state index in [2.05, 4.69) is 60.1 Å². The molecular weight excluding hydrogens is 352 g/mol. The van der Waals surface area contributed by atoms with E-state index >= 15 is 0 Å². The Hall–Kier alpha value is -2.46. The smallest absolute Gasteiger partial charge is 0.227 e. The molecule has 1 aliphatic carbocycles. The number of thiazole rings is 1. The van der Waals surface area contributed by atoms with Crippen molar-refractivity contribution in [2.75, 3.05) is 6.54 Å². The molecule has 0 aliphatic heterocycles. The molecule has 1 N–H and O–H groups in total. The normalized spacial score (nSPS) is 16.0. The van der Waals surface area contributed by atoms with Gasteiger partial charge in [0.1, 0.15) is 5.01 Å². The van der Waals surface area contributed by atoms with Crippen molar-refractivity contribution in [3.05, 3.63) is 76.3 Å². The van der Waals surface area contributed by atoms with Gasteiger partial charge in [0.25, 0.3) is 0 Å². The quantitative estimate of drug-likeness (QED) is 0.688. The van der Waals surface area contributed by atoms with Gasteiger partial charge in [-0.1, -0.05) is 54.1 Å². The maximum Gasteiger partial charge on any atom is 0.227 e. The van der Waals surface area contributed by atoms with Crippen LogP contribution in [0, 0.1) is 6.92 Å². The minimum Gasteiger partial charge on any atom is -0.355 e. The second kappa shape index (κ2) is 8.05. The van der Waals surface area contributed by atoms with Crippen LogP contribution in [0.4, 0.5) is 0 Å². The summed E-state index contributed by atoms with van der Waals surface area (Å²) >= 11 is 1.66. The van der Waals surface area contributed by atoms with Crippen LogP contribution in [-0.4, -0.2) is 17.4 Å². The van der Waals surface area contributed by atoms with Crippen LogP contribution in [-0.2, 0) is 17.6 Å². The Morgan fingerprint density at radius 1 is 1.19 bits per heavy atom. The van der Waals surface area contributed by atoms with E-state index in [0.29, 0.717) is 6.54 Å². The summed E-state index contributed by atoms with van der Waals surface area (Å²) < 4.78 is 0. The van der Waals surface area contributed by atoms with E-state index in [4.69, 9.17) is 4.98 Å². The number of nitrogens with zero attached hydrogens (tertiary/aromatic N) is 1. The van der Waals surface area contributed by atoms with Crippen LogP contribution in [0.25, 0.3) is 10.6 Å². The zero-order chi connectivity index (χ0) is 18.6. The molecule has 2 aromatic carbocycles. The highest BCUT2D eigenvalue weighted by Crippen LogP contribution is 2.31. The van der Waals surface area contributed by atoms with Crippen LogP contribution in [0.1, 0.15) is 41.1 Å². The predicted molar refractivity (Wildman–Crippen MR) is 111 cm³/mol. The number of carbonyl (C=O) groups excluding carboxylic acids is 1. The van der Waals surface area contributed by atoms with Gasteiger partial charge in [-0.25, -0.2) is 4.98 Å². The summed E-state index contributed by atoms with van der Waals surface area (Å²) in [6, 6.07) is 16.8. The van der Waals surface area contributed by atoms with E-state index in [1.54, 1.807) is 11.3 Å². The number of rotatable bonds is 5. The number of aryl methyl sites for hydroxylation is 2. The number of aromatic nitrogens is 1. The van der Waals surface area contributed by atoms with Gasteiger partial charge in [-0.3, -0.25) is 4.79 Å². The lowest BCUT2D eigenvalue weighted by atomic mass is 9.82. The Morgan fingerprint density at radius 2 is 2.00 bits per heavy atom. The van der Waals surface area contributed by atoms with E-state index < -0.39 is 0 Å². The summed E-state index contributed by atoms with van der Waals surface area (Å²) in [7, 11) is 0. The topological polar surface area (TPSA) is 42.0 Å². The summed E-state index contributed by atoms with van der Waals surface area (Å²) in [6.45, 7) is 2.72. The molecule has 1 heterocycles. The average Bonchev–Trinajstić information content (AvgIpc) is 3.17. The fourth-order valence-corrected chi connectivity index (χ4v) is 4.57. The van der Waals surface area contributed by atoms with E-state index in [0.717, 1.165) is 41.9 Å². The molecule has 1 amide bonds. The average molecular weight is 377 g/mol. The number of carbonyl (C=O) groups is 1. The molecule has 1 atom stereocenters. The summed E-state index contributed by atoms with van der Waals surface area (Å²) in [6.07, 6.45) is 3.88. The van der Waals surface area contributed by atoms with Crippen molar-refractivity contribution < 1.29 is 4.79 Å². The Labute approximate surface area is 164 Å². The second-order valence-corrected chi connectivity index (χ2v) is 8.05. The molecule has 1 aliphatic rings. The van der Waals surface area contributed by atoms with Crippen LogP contribution < -0.4 is 5.32 Å². The van der Waals surface area contributed by atoms with Crippen molar-refractivity contribution in [1.29, 1.82) is 0 Å². The number of hydrogen-bond donors (Lipinski definition) is 1. The maximum atomic E-state index is 12.7. The Kier molecular flexibility index (Phi) is 5.35. The first kappa shape index (κ1) is 17.9. The summed E-state index contributed by atoms with van der Waals surface area (Å²) in [5.41, 5.74) is 5.98. The minimum absolute atomic E-state index is 0.00602. The molecule has 1 unspecified atom stereocenters. The molecule has 4 heteroatoms. The first-order valence-electron chi connectivity index (χ1n) is 9.57. The van der Waals surface area contributed by atoms with Gasteiger partial charge in [0.2, 0.25) is 5.91 Å². The fourth-order valence-electron chi connectivity index (χ4n) is 3.71. The molecule has 27 heavy (non-hydrogen) atoms. The lowest BCUT2D eigenvalue weighted by Crippen LogP contribution is -2.32. The molecule has 0 bridgehead atoms. The highest BCUT2D eigenvalue weighted by molar-refractivity contribution is 7.13. The molecule has 0 radical (unpaired) electrons. The van der Waals surface area contributed by atoms with Crippen LogP contribution in [0.5, 0.6) is 0 Å². The number of nitrogens with one attached hydrogen (secondary N) is 1. The van der Waals surface area contributed by atoms with Gasteiger partial charge in [-0.05, 0) is 37.3 Å². The lowest BCUT2D eigenvalue weighted by Gasteiger charge is -2.24. The number of benzene rings is 2. The Balaban J connectivity index is 1.34. The van der Waals surface area contributed by atoms with E-state index in [1.807, 2.05) is 6.07 Å². The number of hydrogen-bond acceptors (Lipinski definition) is 3. The highest BCUT2D eigenvalue weighted by Gasteiger charge is 2.25. The van der Waals surface area contributed by atoms with E-state index in [1.165, 1.54) is 16.7 Å². The zero-order valence-electron chi connectivity index (χ0n) is 15.6. The van der Waals surface area contributed by atoms with Crippen molar-refractivity contribution in [3.8, 4) is 10.6 Å². The highest BCUT2D eigenvalue weighted by atomic mass is 32.1. The summed E-state index contributed by atoms with van der Waals surface area (Å²) in [4.78, 5) is 17.4. The van der Waals surface area contributed by atoms with E-state index in [9.17, 15) is 4.79 Å². The first-order chi connectivity index (χ1) is 13.2. The molecular formula is C23H24N2OS. The number of fused-ring (bicyclic) bond motifs is 1. The molecule has 0 fully saturated rings. The first-order valence-corrected chi connectivity index (χ1v) is 10.5. The van der Waals surface area contributed by atoms with Gasteiger partial charge < -0.3 is 5.32 Å². The standard InChI is InChI=1S/C23H24N2OS/c1-16-9-11-18(12-10-16)23-25-19(15-27-23)13-14-24-22(26)21-8-4-6-17-5-2-3-7-20(17)21/h2-3,5,7,9-12,15,21H,4,6,8,13-14H2,1H3,(H,24,26). The fraction of sp³-hybridized carbons (Fsp3) is 0.304. The minimum atomic E-state index is -0.00602. The number of amides is 1. The molecule has 4 rings (SSSR count). The second-order valence-electron chi connectivity index (χ2n) is 7.19.